The fourth-order valence-corrected chi connectivity index (χ4v) is 2.91. The van der Waals surface area contributed by atoms with E-state index in [1.165, 1.54) is 0 Å². The lowest BCUT2D eigenvalue weighted by atomic mass is 10.0. The molecule has 3 N–H and O–H groups in total. The van der Waals surface area contributed by atoms with E-state index in [2.05, 4.69) is 15.7 Å². The molecule has 0 aliphatic carbocycles. The Balaban J connectivity index is 1.65. The highest BCUT2D eigenvalue weighted by Crippen LogP contribution is 2.21. The van der Waals surface area contributed by atoms with Crippen molar-refractivity contribution in [3.63, 3.8) is 0 Å². The van der Waals surface area contributed by atoms with Crippen molar-refractivity contribution in [2.24, 2.45) is 7.05 Å². The Morgan fingerprint density at radius 2 is 2.13 bits per heavy atom. The summed E-state index contributed by atoms with van der Waals surface area (Å²) in [4.78, 5) is 12.2. The topological polar surface area (TPSA) is 79.2 Å². The summed E-state index contributed by atoms with van der Waals surface area (Å²) < 4.78 is 1.83. The second-order valence-corrected chi connectivity index (χ2v) is 6.04. The molecule has 1 aromatic carbocycles. The molecule has 3 rings (SSSR count). The summed E-state index contributed by atoms with van der Waals surface area (Å²) in [6.07, 6.45) is 1.81. The predicted molar refractivity (Wildman–Crippen MR) is 87.6 cm³/mol. The van der Waals surface area contributed by atoms with Crippen LogP contribution in [0.3, 0.4) is 0 Å². The van der Waals surface area contributed by atoms with E-state index >= 15 is 0 Å². The van der Waals surface area contributed by atoms with Crippen LogP contribution < -0.4 is 10.6 Å². The van der Waals surface area contributed by atoms with E-state index in [-0.39, 0.29) is 18.0 Å². The molecule has 6 heteroatoms. The first-order valence-corrected chi connectivity index (χ1v) is 7.85. The van der Waals surface area contributed by atoms with Crippen LogP contribution in [-0.2, 0) is 11.8 Å². The Bertz CT molecular complexity index is 680. The largest absolute Gasteiger partial charge is 0.392 e. The first kappa shape index (κ1) is 15.7. The molecule has 0 bridgehead atoms. The van der Waals surface area contributed by atoms with Crippen LogP contribution in [0.15, 0.2) is 36.5 Å². The van der Waals surface area contributed by atoms with E-state index in [0.717, 1.165) is 16.8 Å². The second kappa shape index (κ2) is 6.52. The standard InChI is InChI=1S/C17H22N4O2/c1-11(20-17(23)15-9-14(22)10-18-15)12-3-5-13(6-4-12)16-7-8-19-21(16)2/h3-8,11,14-15,18,22H,9-10H2,1-2H3,(H,20,23). The Hall–Kier alpha value is -2.18. The zero-order valence-corrected chi connectivity index (χ0v) is 13.4. The maximum atomic E-state index is 12.2. The quantitative estimate of drug-likeness (QED) is 0.786. The molecule has 2 heterocycles. The highest BCUT2D eigenvalue weighted by molar-refractivity contribution is 5.82. The third-order valence-corrected chi connectivity index (χ3v) is 4.31. The minimum absolute atomic E-state index is 0.0650. The Morgan fingerprint density at radius 1 is 1.39 bits per heavy atom. The molecular formula is C17H22N4O2. The van der Waals surface area contributed by atoms with Gasteiger partial charge in [0.2, 0.25) is 5.91 Å². The zero-order valence-electron chi connectivity index (χ0n) is 13.4. The Labute approximate surface area is 135 Å². The van der Waals surface area contributed by atoms with Gasteiger partial charge >= 0.3 is 0 Å². The summed E-state index contributed by atoms with van der Waals surface area (Å²) in [7, 11) is 1.91. The van der Waals surface area contributed by atoms with Crippen LogP contribution in [0.5, 0.6) is 0 Å². The molecule has 3 atom stereocenters. The number of carbonyl (C=O) groups is 1. The SMILES string of the molecule is CC(NC(=O)C1CC(O)CN1)c1ccc(-c2ccnn2C)cc1. The van der Waals surface area contributed by atoms with E-state index in [1.54, 1.807) is 6.20 Å². The molecule has 2 aromatic rings. The van der Waals surface area contributed by atoms with Crippen LogP contribution >= 0.6 is 0 Å². The summed E-state index contributed by atoms with van der Waals surface area (Å²) >= 11 is 0. The molecule has 1 aromatic heterocycles. The number of nitrogens with zero attached hydrogens (tertiary/aromatic N) is 2. The predicted octanol–water partition coefficient (Wildman–Crippen LogP) is 0.987. The van der Waals surface area contributed by atoms with Gasteiger partial charge in [0.1, 0.15) is 0 Å². The van der Waals surface area contributed by atoms with Gasteiger partial charge in [-0.05, 0) is 30.5 Å². The van der Waals surface area contributed by atoms with E-state index in [9.17, 15) is 9.90 Å². The number of hydrogen-bond donors (Lipinski definition) is 3. The van der Waals surface area contributed by atoms with Crippen molar-refractivity contribution in [1.29, 1.82) is 0 Å². The first-order chi connectivity index (χ1) is 11.0. The second-order valence-electron chi connectivity index (χ2n) is 6.04. The van der Waals surface area contributed by atoms with Crippen molar-refractivity contribution in [3.8, 4) is 11.3 Å². The number of aryl methyl sites for hydroxylation is 1. The van der Waals surface area contributed by atoms with Gasteiger partial charge in [-0.3, -0.25) is 9.48 Å². The molecule has 6 nitrogen and oxygen atoms in total. The van der Waals surface area contributed by atoms with E-state index in [0.29, 0.717) is 13.0 Å². The van der Waals surface area contributed by atoms with Gasteiger partial charge in [0.25, 0.3) is 0 Å². The normalized spacial score (nSPS) is 22.0. The lowest BCUT2D eigenvalue weighted by Gasteiger charge is -2.18. The average molecular weight is 314 g/mol. The molecule has 3 unspecified atom stereocenters. The molecule has 0 spiro atoms. The maximum absolute atomic E-state index is 12.2. The lowest BCUT2D eigenvalue weighted by Crippen LogP contribution is -2.41. The number of aliphatic hydroxyl groups is 1. The monoisotopic (exact) mass is 314 g/mol. The summed E-state index contributed by atoms with van der Waals surface area (Å²) in [5.41, 5.74) is 3.19. The molecule has 1 aliphatic rings. The van der Waals surface area contributed by atoms with Crippen LogP contribution in [0, 0.1) is 0 Å². The molecule has 1 aliphatic heterocycles. The van der Waals surface area contributed by atoms with E-state index < -0.39 is 6.10 Å². The highest BCUT2D eigenvalue weighted by atomic mass is 16.3. The smallest absolute Gasteiger partial charge is 0.237 e. The van der Waals surface area contributed by atoms with Crippen LogP contribution in [0.4, 0.5) is 0 Å². The first-order valence-electron chi connectivity index (χ1n) is 7.85. The zero-order chi connectivity index (χ0) is 16.4. The molecule has 0 saturated carbocycles. The number of β-amino-alcohol motifs (C(OH)–C–C–N with tert-alkyl or cyclic N) is 1. The third-order valence-electron chi connectivity index (χ3n) is 4.31. The van der Waals surface area contributed by atoms with Gasteiger partial charge in [0.05, 0.1) is 23.9 Å². The van der Waals surface area contributed by atoms with Crippen LogP contribution in [0.25, 0.3) is 11.3 Å². The van der Waals surface area contributed by atoms with Gasteiger partial charge in [-0.1, -0.05) is 24.3 Å². The molecule has 0 radical (unpaired) electrons. The number of aliphatic hydroxyl groups excluding tert-OH is 1. The Morgan fingerprint density at radius 3 is 2.70 bits per heavy atom. The van der Waals surface area contributed by atoms with Crippen molar-refractivity contribution in [2.45, 2.75) is 31.5 Å². The molecular weight excluding hydrogens is 292 g/mol. The van der Waals surface area contributed by atoms with Gasteiger partial charge in [0, 0.05) is 19.8 Å². The fourth-order valence-electron chi connectivity index (χ4n) is 2.91. The maximum Gasteiger partial charge on any atom is 0.237 e. The Kier molecular flexibility index (Phi) is 4.45. The van der Waals surface area contributed by atoms with Gasteiger partial charge in [0.15, 0.2) is 0 Å². The number of benzene rings is 1. The molecule has 1 amide bonds. The number of nitrogens with one attached hydrogen (secondary N) is 2. The number of carbonyl (C=O) groups excluding carboxylic acids is 1. The summed E-state index contributed by atoms with van der Waals surface area (Å²) in [5, 5.41) is 19.7. The molecule has 1 saturated heterocycles. The summed E-state index contributed by atoms with van der Waals surface area (Å²) in [6, 6.07) is 9.69. The van der Waals surface area contributed by atoms with Crippen molar-refractivity contribution in [3.05, 3.63) is 42.1 Å². The number of aromatic nitrogens is 2. The van der Waals surface area contributed by atoms with Gasteiger partial charge in [-0.15, -0.1) is 0 Å². The summed E-state index contributed by atoms with van der Waals surface area (Å²) in [6.45, 7) is 2.44. The van der Waals surface area contributed by atoms with Gasteiger partial charge in [-0.2, -0.15) is 5.10 Å². The summed E-state index contributed by atoms with van der Waals surface area (Å²) in [5.74, 6) is -0.0650. The number of rotatable bonds is 4. The average Bonchev–Trinajstić information content (AvgIpc) is 3.16. The van der Waals surface area contributed by atoms with Crippen molar-refractivity contribution in [1.82, 2.24) is 20.4 Å². The van der Waals surface area contributed by atoms with E-state index in [4.69, 9.17) is 0 Å². The van der Waals surface area contributed by atoms with Crippen LogP contribution in [0.1, 0.15) is 24.9 Å². The van der Waals surface area contributed by atoms with Gasteiger partial charge < -0.3 is 15.7 Å². The van der Waals surface area contributed by atoms with Crippen molar-refractivity contribution < 1.29 is 9.90 Å². The molecule has 122 valence electrons. The fraction of sp³-hybridized carbons (Fsp3) is 0.412. The lowest BCUT2D eigenvalue weighted by molar-refractivity contribution is -0.123. The van der Waals surface area contributed by atoms with Crippen LogP contribution in [-0.4, -0.2) is 39.5 Å². The molecule has 1 fully saturated rings. The van der Waals surface area contributed by atoms with E-state index in [1.807, 2.05) is 49.0 Å². The number of hydrogen-bond acceptors (Lipinski definition) is 4. The molecule has 23 heavy (non-hydrogen) atoms. The number of amides is 1. The van der Waals surface area contributed by atoms with Gasteiger partial charge in [-0.25, -0.2) is 0 Å². The third kappa shape index (κ3) is 3.43. The highest BCUT2D eigenvalue weighted by Gasteiger charge is 2.28. The van der Waals surface area contributed by atoms with Crippen molar-refractivity contribution in [2.75, 3.05) is 6.54 Å². The van der Waals surface area contributed by atoms with Crippen LogP contribution in [0.2, 0.25) is 0 Å². The minimum Gasteiger partial charge on any atom is -0.392 e. The van der Waals surface area contributed by atoms with Crippen molar-refractivity contribution >= 4 is 5.91 Å². The minimum atomic E-state index is -0.431.